The Hall–Kier alpha value is -2.87. The van der Waals surface area contributed by atoms with Crippen LogP contribution in [0.2, 0.25) is 0 Å². The van der Waals surface area contributed by atoms with Crippen LogP contribution in [0.25, 0.3) is 16.9 Å². The first-order valence-electron chi connectivity index (χ1n) is 9.98. The summed E-state index contributed by atoms with van der Waals surface area (Å²) < 4.78 is 18.2. The monoisotopic (exact) mass is 411 g/mol. The van der Waals surface area contributed by atoms with Gasteiger partial charge in [-0.15, -0.1) is 0 Å². The molecule has 0 saturated heterocycles. The average Bonchev–Trinajstić information content (AvgIpc) is 3.26. The number of aliphatic hydroxyl groups is 1. The first kappa shape index (κ1) is 21.8. The van der Waals surface area contributed by atoms with Crippen molar-refractivity contribution in [3.63, 3.8) is 0 Å². The predicted octanol–water partition coefficient (Wildman–Crippen LogP) is 3.01. The fourth-order valence-electron chi connectivity index (χ4n) is 2.86. The molecule has 0 bridgehead atoms. The van der Waals surface area contributed by atoms with Crippen LogP contribution in [0, 0.1) is 0 Å². The van der Waals surface area contributed by atoms with Crippen molar-refractivity contribution < 1.29 is 19.3 Å². The highest BCUT2D eigenvalue weighted by molar-refractivity contribution is 5.63. The van der Waals surface area contributed by atoms with Crippen LogP contribution in [0.1, 0.15) is 0 Å². The third kappa shape index (κ3) is 6.32. The number of ether oxygens (including phenoxy) is 3. The van der Waals surface area contributed by atoms with Crippen LogP contribution in [0.4, 0.5) is 5.69 Å². The Morgan fingerprint density at radius 1 is 0.867 bits per heavy atom. The van der Waals surface area contributed by atoms with E-state index in [1.165, 1.54) is 0 Å². The third-order valence-corrected chi connectivity index (χ3v) is 4.50. The number of rotatable bonds is 12. The minimum absolute atomic E-state index is 0.0311. The van der Waals surface area contributed by atoms with Crippen molar-refractivity contribution in [2.75, 3.05) is 58.6 Å². The van der Waals surface area contributed by atoms with E-state index in [1.807, 2.05) is 55.5 Å². The van der Waals surface area contributed by atoms with Crippen LogP contribution in [0.15, 0.2) is 61.1 Å². The van der Waals surface area contributed by atoms with E-state index in [1.54, 1.807) is 0 Å². The van der Waals surface area contributed by atoms with Crippen LogP contribution in [0.3, 0.4) is 0 Å². The zero-order valence-corrected chi connectivity index (χ0v) is 17.5. The van der Waals surface area contributed by atoms with Crippen molar-refractivity contribution in [1.82, 2.24) is 9.55 Å². The molecule has 30 heavy (non-hydrogen) atoms. The van der Waals surface area contributed by atoms with E-state index in [4.69, 9.17) is 19.3 Å². The summed E-state index contributed by atoms with van der Waals surface area (Å²) in [6.45, 7) is 2.29. The maximum absolute atomic E-state index is 8.61. The van der Waals surface area contributed by atoms with Gasteiger partial charge in [-0.05, 0) is 36.4 Å². The highest BCUT2D eigenvalue weighted by atomic mass is 16.5. The van der Waals surface area contributed by atoms with E-state index >= 15 is 0 Å². The minimum Gasteiger partial charge on any atom is -0.491 e. The second-order valence-corrected chi connectivity index (χ2v) is 6.90. The largest absolute Gasteiger partial charge is 0.491 e. The number of hydrogen-bond acceptors (Lipinski definition) is 6. The van der Waals surface area contributed by atoms with Crippen LogP contribution < -0.4 is 9.64 Å². The van der Waals surface area contributed by atoms with Crippen LogP contribution in [0.5, 0.6) is 5.75 Å². The van der Waals surface area contributed by atoms with Gasteiger partial charge >= 0.3 is 0 Å². The molecule has 1 heterocycles. The van der Waals surface area contributed by atoms with Crippen molar-refractivity contribution >= 4 is 5.69 Å². The van der Waals surface area contributed by atoms with Crippen molar-refractivity contribution in [2.24, 2.45) is 0 Å². The molecule has 0 amide bonds. The summed E-state index contributed by atoms with van der Waals surface area (Å²) in [5.74, 6) is 0.790. The van der Waals surface area contributed by atoms with Gasteiger partial charge < -0.3 is 28.8 Å². The van der Waals surface area contributed by atoms with Crippen molar-refractivity contribution in [3.8, 4) is 22.7 Å². The zero-order valence-electron chi connectivity index (χ0n) is 17.5. The molecule has 3 aromatic rings. The second-order valence-electron chi connectivity index (χ2n) is 6.90. The number of aromatic nitrogens is 2. The SMILES string of the molecule is CN(C)c1ccc(-c2cn(-c3ccc(OCCOCCOCCO)cc3)cn2)cc1. The highest BCUT2D eigenvalue weighted by Crippen LogP contribution is 2.23. The Morgan fingerprint density at radius 2 is 1.53 bits per heavy atom. The summed E-state index contributed by atoms with van der Waals surface area (Å²) in [6.07, 6.45) is 3.84. The highest BCUT2D eigenvalue weighted by Gasteiger charge is 2.05. The van der Waals surface area contributed by atoms with Gasteiger partial charge in [-0.1, -0.05) is 12.1 Å². The van der Waals surface area contributed by atoms with Gasteiger partial charge in [0.15, 0.2) is 0 Å². The molecular formula is C23H29N3O4. The van der Waals surface area contributed by atoms with Crippen molar-refractivity contribution in [1.29, 1.82) is 0 Å². The predicted molar refractivity (Wildman–Crippen MR) is 118 cm³/mol. The number of nitrogens with zero attached hydrogens (tertiary/aromatic N) is 3. The number of imidazole rings is 1. The number of benzene rings is 2. The normalized spacial score (nSPS) is 10.9. The molecular weight excluding hydrogens is 382 g/mol. The van der Waals surface area contributed by atoms with Crippen LogP contribution in [-0.4, -0.2) is 68.4 Å². The standard InChI is InChI=1S/C23H29N3O4/c1-25(2)20-5-3-19(4-6-20)23-17-26(18-24-23)21-7-9-22(10-8-21)30-16-15-29-14-13-28-12-11-27/h3-10,17-18,27H,11-16H2,1-2H3. The molecule has 0 spiro atoms. The van der Waals surface area contributed by atoms with Gasteiger partial charge in [-0.2, -0.15) is 0 Å². The van der Waals surface area contributed by atoms with E-state index in [9.17, 15) is 0 Å². The zero-order chi connectivity index (χ0) is 21.2. The molecule has 7 heteroatoms. The molecule has 160 valence electrons. The lowest BCUT2D eigenvalue weighted by atomic mass is 10.1. The van der Waals surface area contributed by atoms with Crippen molar-refractivity contribution in [3.05, 3.63) is 61.1 Å². The molecule has 0 radical (unpaired) electrons. The van der Waals surface area contributed by atoms with E-state index in [2.05, 4.69) is 34.1 Å². The summed E-state index contributed by atoms with van der Waals surface area (Å²) in [7, 11) is 4.06. The lowest BCUT2D eigenvalue weighted by molar-refractivity contribution is 0.0247. The van der Waals surface area contributed by atoms with E-state index in [0.29, 0.717) is 33.0 Å². The van der Waals surface area contributed by atoms with Gasteiger partial charge in [0.2, 0.25) is 0 Å². The van der Waals surface area contributed by atoms with Gasteiger partial charge in [0.25, 0.3) is 0 Å². The molecule has 2 aromatic carbocycles. The Bertz CT molecular complexity index is 876. The Labute approximate surface area is 177 Å². The van der Waals surface area contributed by atoms with Crippen LogP contribution >= 0.6 is 0 Å². The minimum atomic E-state index is 0.0311. The van der Waals surface area contributed by atoms with Gasteiger partial charge in [0.1, 0.15) is 12.4 Å². The Kier molecular flexibility index (Phi) is 8.26. The number of aliphatic hydroxyl groups excluding tert-OH is 1. The topological polar surface area (TPSA) is 69.0 Å². The molecule has 1 N–H and O–H groups in total. The molecule has 0 aliphatic carbocycles. The Morgan fingerprint density at radius 3 is 2.20 bits per heavy atom. The number of hydrogen-bond donors (Lipinski definition) is 1. The lowest BCUT2D eigenvalue weighted by Crippen LogP contribution is -2.11. The maximum atomic E-state index is 8.61. The molecule has 0 aliphatic heterocycles. The van der Waals surface area contributed by atoms with E-state index in [-0.39, 0.29) is 6.61 Å². The fraction of sp³-hybridized carbons (Fsp3) is 0.348. The lowest BCUT2D eigenvalue weighted by Gasteiger charge is -2.12. The fourth-order valence-corrected chi connectivity index (χ4v) is 2.86. The summed E-state index contributed by atoms with van der Waals surface area (Å²) in [6, 6.07) is 16.2. The summed E-state index contributed by atoms with van der Waals surface area (Å²) in [5, 5.41) is 8.61. The van der Waals surface area contributed by atoms with E-state index < -0.39 is 0 Å². The van der Waals surface area contributed by atoms with Gasteiger partial charge in [0, 0.05) is 37.2 Å². The molecule has 0 atom stereocenters. The first-order chi connectivity index (χ1) is 14.7. The Balaban J connectivity index is 1.48. The summed E-state index contributed by atoms with van der Waals surface area (Å²) >= 11 is 0. The second kappa shape index (κ2) is 11.3. The summed E-state index contributed by atoms with van der Waals surface area (Å²) in [4.78, 5) is 6.61. The van der Waals surface area contributed by atoms with E-state index in [0.717, 1.165) is 28.4 Å². The molecule has 3 rings (SSSR count). The molecule has 7 nitrogen and oxygen atoms in total. The maximum Gasteiger partial charge on any atom is 0.119 e. The molecule has 0 saturated carbocycles. The van der Waals surface area contributed by atoms with Gasteiger partial charge in [-0.3, -0.25) is 0 Å². The summed E-state index contributed by atoms with van der Waals surface area (Å²) in [5.41, 5.74) is 4.19. The van der Waals surface area contributed by atoms with Crippen molar-refractivity contribution in [2.45, 2.75) is 0 Å². The molecule has 0 fully saturated rings. The van der Waals surface area contributed by atoms with Crippen LogP contribution in [-0.2, 0) is 9.47 Å². The number of anilines is 1. The average molecular weight is 412 g/mol. The molecule has 1 aromatic heterocycles. The smallest absolute Gasteiger partial charge is 0.119 e. The third-order valence-electron chi connectivity index (χ3n) is 4.50. The molecule has 0 aliphatic rings. The van der Waals surface area contributed by atoms with Gasteiger partial charge in [-0.25, -0.2) is 4.98 Å². The van der Waals surface area contributed by atoms with Gasteiger partial charge in [0.05, 0.1) is 45.1 Å². The quantitative estimate of drug-likeness (QED) is 0.462. The molecule has 0 unspecified atom stereocenters. The first-order valence-corrected chi connectivity index (χ1v) is 9.98.